The van der Waals surface area contributed by atoms with Gasteiger partial charge in [-0.25, -0.2) is 9.97 Å². The minimum absolute atomic E-state index is 0.135. The largest absolute Gasteiger partial charge is 0.436 e. The first-order valence-electron chi connectivity index (χ1n) is 8.31. The zero-order valence-corrected chi connectivity index (χ0v) is 15.5. The number of halogens is 1. The van der Waals surface area contributed by atoms with Gasteiger partial charge in [-0.3, -0.25) is 10.4 Å². The zero-order valence-electron chi connectivity index (χ0n) is 14.8. The number of nitrogens with one attached hydrogen (secondary N) is 1. The fraction of sp³-hybridized carbons (Fsp3) is 0.412. The molecule has 1 fully saturated rings. The normalized spacial score (nSPS) is 16.4. The summed E-state index contributed by atoms with van der Waals surface area (Å²) in [5.74, 6) is 0.915. The molecule has 9 heteroatoms. The number of hydrogen-bond donors (Lipinski definition) is 3. The highest BCUT2D eigenvalue weighted by Gasteiger charge is 2.27. The summed E-state index contributed by atoms with van der Waals surface area (Å²) in [7, 11) is 0. The summed E-state index contributed by atoms with van der Waals surface area (Å²) in [4.78, 5) is 14.8. The van der Waals surface area contributed by atoms with E-state index in [0.717, 1.165) is 25.9 Å². The second kappa shape index (κ2) is 7.05. The van der Waals surface area contributed by atoms with Crippen LogP contribution in [0.25, 0.3) is 0 Å². The number of aromatic nitrogens is 3. The van der Waals surface area contributed by atoms with Gasteiger partial charge in [0.15, 0.2) is 17.3 Å². The van der Waals surface area contributed by atoms with Crippen LogP contribution >= 0.6 is 11.6 Å². The van der Waals surface area contributed by atoms with Crippen LogP contribution < -0.4 is 21.1 Å². The van der Waals surface area contributed by atoms with Crippen molar-refractivity contribution in [1.29, 1.82) is 5.41 Å². The van der Waals surface area contributed by atoms with Crippen molar-refractivity contribution < 1.29 is 4.74 Å². The molecule has 0 aliphatic carbocycles. The van der Waals surface area contributed by atoms with Crippen LogP contribution in [0.3, 0.4) is 0 Å². The molecule has 0 amide bonds. The first kappa shape index (κ1) is 18.3. The third-order valence-corrected chi connectivity index (χ3v) is 4.93. The topological polar surface area (TPSA) is 127 Å². The highest BCUT2D eigenvalue weighted by Crippen LogP contribution is 2.27. The first-order chi connectivity index (χ1) is 12.3. The predicted octanol–water partition coefficient (Wildman–Crippen LogP) is 2.14. The Labute approximate surface area is 157 Å². The lowest BCUT2D eigenvalue weighted by Gasteiger charge is -2.37. The van der Waals surface area contributed by atoms with Gasteiger partial charge in [-0.1, -0.05) is 11.6 Å². The van der Waals surface area contributed by atoms with E-state index in [1.165, 1.54) is 0 Å². The van der Waals surface area contributed by atoms with E-state index in [2.05, 4.69) is 26.8 Å². The zero-order chi connectivity index (χ0) is 18.9. The molecular formula is C17H22ClN7O. The number of rotatable bonds is 3. The molecule has 0 atom stereocenters. The lowest BCUT2D eigenvalue weighted by Crippen LogP contribution is -2.48. The monoisotopic (exact) mass is 375 g/mol. The fourth-order valence-corrected chi connectivity index (χ4v) is 2.88. The maximum Gasteiger partial charge on any atom is 0.241 e. The molecule has 0 bridgehead atoms. The van der Waals surface area contributed by atoms with Crippen molar-refractivity contribution >= 4 is 29.1 Å². The quantitative estimate of drug-likeness (QED) is 0.553. The number of nitrogens with zero attached hydrogens (tertiary/aromatic N) is 4. The highest BCUT2D eigenvalue weighted by molar-refractivity contribution is 6.32. The lowest BCUT2D eigenvalue weighted by molar-refractivity contribution is 0.363. The van der Waals surface area contributed by atoms with E-state index in [0.29, 0.717) is 22.3 Å². The number of anilines is 2. The molecule has 0 aromatic carbocycles. The van der Waals surface area contributed by atoms with E-state index in [4.69, 9.17) is 33.2 Å². The summed E-state index contributed by atoms with van der Waals surface area (Å²) in [5, 5.41) is 8.47. The van der Waals surface area contributed by atoms with Crippen LogP contribution in [0.5, 0.6) is 5.75 Å². The molecular weight excluding hydrogens is 354 g/mol. The van der Waals surface area contributed by atoms with Crippen molar-refractivity contribution in [3.63, 3.8) is 0 Å². The molecule has 1 aliphatic heterocycles. The predicted molar refractivity (Wildman–Crippen MR) is 102 cm³/mol. The van der Waals surface area contributed by atoms with Gasteiger partial charge in [-0.05, 0) is 26.7 Å². The number of pyridine rings is 1. The van der Waals surface area contributed by atoms with Gasteiger partial charge < -0.3 is 21.1 Å². The van der Waals surface area contributed by atoms with Gasteiger partial charge in [0.2, 0.25) is 5.90 Å². The Morgan fingerprint density at radius 3 is 2.69 bits per heavy atom. The Morgan fingerprint density at radius 2 is 2.04 bits per heavy atom. The molecule has 3 heterocycles. The van der Waals surface area contributed by atoms with E-state index in [9.17, 15) is 0 Å². The maximum atomic E-state index is 8.13. The molecule has 0 radical (unpaired) electrons. The summed E-state index contributed by atoms with van der Waals surface area (Å²) >= 11 is 6.15. The summed E-state index contributed by atoms with van der Waals surface area (Å²) in [6.07, 6.45) is 4.90. The Kier molecular flexibility index (Phi) is 4.97. The number of ether oxygens (including phenoxy) is 1. The molecule has 0 spiro atoms. The summed E-state index contributed by atoms with van der Waals surface area (Å²) in [5.41, 5.74) is 12.8. The van der Waals surface area contributed by atoms with Crippen LogP contribution in [0.2, 0.25) is 5.02 Å². The second-order valence-corrected chi connectivity index (χ2v) is 7.12. The van der Waals surface area contributed by atoms with Crippen molar-refractivity contribution in [2.24, 2.45) is 5.73 Å². The summed E-state index contributed by atoms with van der Waals surface area (Å²) < 4.78 is 5.50. The highest BCUT2D eigenvalue weighted by atomic mass is 35.5. The molecule has 0 unspecified atom stereocenters. The molecule has 138 valence electrons. The Balaban J connectivity index is 1.75. The van der Waals surface area contributed by atoms with Gasteiger partial charge >= 0.3 is 0 Å². The number of nitrogens with two attached hydrogens (primary N) is 2. The Morgan fingerprint density at radius 1 is 1.35 bits per heavy atom. The van der Waals surface area contributed by atoms with Gasteiger partial charge in [-0.2, -0.15) is 0 Å². The lowest BCUT2D eigenvalue weighted by atomic mass is 9.91. The van der Waals surface area contributed by atoms with Crippen LogP contribution in [0.4, 0.5) is 11.6 Å². The van der Waals surface area contributed by atoms with E-state index in [1.54, 1.807) is 25.4 Å². The summed E-state index contributed by atoms with van der Waals surface area (Å²) in [6.45, 7) is 5.39. The third kappa shape index (κ3) is 3.86. The number of piperidine rings is 1. The molecule has 0 saturated carbocycles. The fourth-order valence-electron chi connectivity index (χ4n) is 2.73. The maximum absolute atomic E-state index is 8.13. The van der Waals surface area contributed by atoms with E-state index >= 15 is 0 Å². The minimum Gasteiger partial charge on any atom is -0.436 e. The first-order valence-corrected chi connectivity index (χ1v) is 8.69. The molecule has 2 aromatic rings. The van der Waals surface area contributed by atoms with Gasteiger partial charge in [0.1, 0.15) is 10.8 Å². The van der Waals surface area contributed by atoms with Crippen molar-refractivity contribution in [2.75, 3.05) is 23.7 Å². The van der Waals surface area contributed by atoms with Gasteiger partial charge in [0.05, 0.1) is 11.9 Å². The molecule has 3 rings (SSSR count). The number of nitrogen functional groups attached to an aromatic ring is 1. The standard InChI is InChI=1S/C17H22ClN7O/c1-10-13(18)11(3-6-22-10)26-16(20)14-15(19)24-12(9-23-14)25-7-4-17(2,21)5-8-25/h3,6,9,20H,4-5,7-8,21H2,1-2H3,(H2,19,24). The third-order valence-electron chi connectivity index (χ3n) is 4.47. The van der Waals surface area contributed by atoms with Crippen LogP contribution in [-0.2, 0) is 0 Å². The summed E-state index contributed by atoms with van der Waals surface area (Å²) in [6, 6.07) is 1.58. The molecule has 8 nitrogen and oxygen atoms in total. The van der Waals surface area contributed by atoms with Crippen molar-refractivity contribution in [2.45, 2.75) is 32.2 Å². The second-order valence-electron chi connectivity index (χ2n) is 6.74. The molecule has 1 saturated heterocycles. The van der Waals surface area contributed by atoms with Crippen LogP contribution in [0.15, 0.2) is 18.5 Å². The average Bonchev–Trinajstić information content (AvgIpc) is 2.58. The SMILES string of the molecule is Cc1nccc(OC(=N)c2ncc(N3CCC(C)(N)CC3)nc2N)c1Cl. The van der Waals surface area contributed by atoms with Crippen molar-refractivity contribution in [3.8, 4) is 5.75 Å². The van der Waals surface area contributed by atoms with Crippen LogP contribution in [0, 0.1) is 12.3 Å². The molecule has 2 aromatic heterocycles. The average molecular weight is 376 g/mol. The van der Waals surface area contributed by atoms with Crippen LogP contribution in [-0.4, -0.2) is 39.5 Å². The van der Waals surface area contributed by atoms with Crippen molar-refractivity contribution in [3.05, 3.63) is 34.9 Å². The van der Waals surface area contributed by atoms with E-state index < -0.39 is 0 Å². The molecule has 5 N–H and O–H groups in total. The number of aryl methyl sites for hydroxylation is 1. The number of hydrogen-bond acceptors (Lipinski definition) is 8. The minimum atomic E-state index is -0.220. The molecule has 1 aliphatic rings. The van der Waals surface area contributed by atoms with Gasteiger partial charge in [0.25, 0.3) is 0 Å². The smallest absolute Gasteiger partial charge is 0.241 e. The Hall–Kier alpha value is -2.45. The van der Waals surface area contributed by atoms with E-state index in [1.807, 2.05) is 0 Å². The Bertz CT molecular complexity index is 830. The van der Waals surface area contributed by atoms with E-state index in [-0.39, 0.29) is 22.9 Å². The van der Waals surface area contributed by atoms with Gasteiger partial charge in [0, 0.05) is 30.9 Å². The van der Waals surface area contributed by atoms with Crippen molar-refractivity contribution in [1.82, 2.24) is 15.0 Å². The van der Waals surface area contributed by atoms with Gasteiger partial charge in [-0.15, -0.1) is 0 Å². The van der Waals surface area contributed by atoms with Crippen LogP contribution in [0.1, 0.15) is 31.2 Å². The molecule has 26 heavy (non-hydrogen) atoms.